The highest BCUT2D eigenvalue weighted by molar-refractivity contribution is 5.86. The summed E-state index contributed by atoms with van der Waals surface area (Å²) in [7, 11) is 1.45. The van der Waals surface area contributed by atoms with Gasteiger partial charge < -0.3 is 20.1 Å². The average Bonchev–Trinajstić information content (AvgIpc) is 2.43. The Morgan fingerprint density at radius 2 is 1.78 bits per heavy atom. The van der Waals surface area contributed by atoms with Crippen LogP contribution in [0.3, 0.4) is 0 Å². The third-order valence-corrected chi connectivity index (χ3v) is 3.79. The molecule has 1 aliphatic carbocycles. The Labute approximate surface area is 137 Å². The highest BCUT2D eigenvalue weighted by atomic mass is 16.6. The van der Waals surface area contributed by atoms with Crippen LogP contribution < -0.4 is 5.32 Å². The maximum Gasteiger partial charge on any atom is 0.410 e. The number of aliphatic carboxylic acids is 1. The first-order valence-corrected chi connectivity index (χ1v) is 8.06. The first kappa shape index (κ1) is 19.3. The van der Waals surface area contributed by atoms with Gasteiger partial charge in [0.25, 0.3) is 0 Å². The summed E-state index contributed by atoms with van der Waals surface area (Å²) in [5.74, 6) is -1.56. The van der Waals surface area contributed by atoms with Gasteiger partial charge in [-0.2, -0.15) is 0 Å². The molecule has 7 heteroatoms. The number of hydrogen-bond acceptors (Lipinski definition) is 4. The van der Waals surface area contributed by atoms with Crippen molar-refractivity contribution in [2.45, 2.75) is 64.5 Å². The highest BCUT2D eigenvalue weighted by Gasteiger charge is 2.31. The van der Waals surface area contributed by atoms with Crippen LogP contribution in [0.25, 0.3) is 0 Å². The summed E-state index contributed by atoms with van der Waals surface area (Å²) in [6.07, 6.45) is 4.08. The topological polar surface area (TPSA) is 95.9 Å². The first-order chi connectivity index (χ1) is 10.6. The average molecular weight is 328 g/mol. The molecule has 0 radical (unpaired) electrons. The van der Waals surface area contributed by atoms with E-state index in [9.17, 15) is 19.5 Å². The lowest BCUT2D eigenvalue weighted by Gasteiger charge is -2.29. The lowest BCUT2D eigenvalue weighted by Crippen LogP contribution is -2.50. The zero-order valence-electron chi connectivity index (χ0n) is 14.4. The number of amides is 2. The molecule has 2 N–H and O–H groups in total. The van der Waals surface area contributed by atoms with Crippen LogP contribution >= 0.6 is 0 Å². The van der Waals surface area contributed by atoms with E-state index in [1.54, 1.807) is 20.8 Å². The van der Waals surface area contributed by atoms with Gasteiger partial charge in [-0.25, -0.2) is 9.59 Å². The molecular formula is C16H28N2O5. The van der Waals surface area contributed by atoms with Gasteiger partial charge in [0, 0.05) is 7.05 Å². The maximum absolute atomic E-state index is 12.1. The smallest absolute Gasteiger partial charge is 0.410 e. The Morgan fingerprint density at radius 1 is 1.22 bits per heavy atom. The SMILES string of the molecule is CN(CC(=O)NC(C(=O)O)C1CCCCC1)C(=O)OC(C)(C)C. The van der Waals surface area contributed by atoms with Crippen molar-refractivity contribution in [2.24, 2.45) is 5.92 Å². The van der Waals surface area contributed by atoms with Gasteiger partial charge in [-0.05, 0) is 39.5 Å². The van der Waals surface area contributed by atoms with Crippen LogP contribution in [0, 0.1) is 5.92 Å². The third kappa shape index (κ3) is 6.88. The molecule has 7 nitrogen and oxygen atoms in total. The molecule has 1 fully saturated rings. The molecule has 2 amide bonds. The van der Waals surface area contributed by atoms with E-state index in [1.165, 1.54) is 7.05 Å². The monoisotopic (exact) mass is 328 g/mol. The number of likely N-dealkylation sites (N-methyl/N-ethyl adjacent to an activating group) is 1. The molecule has 1 atom stereocenters. The van der Waals surface area contributed by atoms with Crippen molar-refractivity contribution in [3.8, 4) is 0 Å². The van der Waals surface area contributed by atoms with Crippen LogP contribution in [0.15, 0.2) is 0 Å². The van der Waals surface area contributed by atoms with E-state index in [0.29, 0.717) is 0 Å². The molecular weight excluding hydrogens is 300 g/mol. The molecule has 0 heterocycles. The van der Waals surface area contributed by atoms with Crippen molar-refractivity contribution >= 4 is 18.0 Å². The molecule has 0 aliphatic heterocycles. The van der Waals surface area contributed by atoms with Gasteiger partial charge in [-0.15, -0.1) is 0 Å². The zero-order chi connectivity index (χ0) is 17.6. The van der Waals surface area contributed by atoms with Crippen molar-refractivity contribution in [1.82, 2.24) is 10.2 Å². The number of carboxylic acid groups (broad SMARTS) is 1. The molecule has 1 saturated carbocycles. The molecule has 132 valence electrons. The Hall–Kier alpha value is -1.79. The van der Waals surface area contributed by atoms with Crippen molar-refractivity contribution in [3.05, 3.63) is 0 Å². The summed E-state index contributed by atoms with van der Waals surface area (Å²) >= 11 is 0. The Kier molecular flexibility index (Phi) is 6.84. The summed E-state index contributed by atoms with van der Waals surface area (Å²) in [6.45, 7) is 4.98. The molecule has 1 aliphatic rings. The van der Waals surface area contributed by atoms with Crippen LogP contribution in [0.2, 0.25) is 0 Å². The van der Waals surface area contributed by atoms with Gasteiger partial charge in [0.1, 0.15) is 18.2 Å². The van der Waals surface area contributed by atoms with E-state index in [0.717, 1.165) is 37.0 Å². The van der Waals surface area contributed by atoms with Crippen LogP contribution in [-0.2, 0) is 14.3 Å². The van der Waals surface area contributed by atoms with E-state index in [4.69, 9.17) is 4.74 Å². The Morgan fingerprint density at radius 3 is 2.26 bits per heavy atom. The third-order valence-electron chi connectivity index (χ3n) is 3.79. The molecule has 0 aromatic carbocycles. The van der Waals surface area contributed by atoms with Gasteiger partial charge in [0.05, 0.1) is 0 Å². The molecule has 1 rings (SSSR count). The largest absolute Gasteiger partial charge is 0.480 e. The van der Waals surface area contributed by atoms with Crippen LogP contribution in [-0.4, -0.2) is 53.2 Å². The van der Waals surface area contributed by atoms with E-state index >= 15 is 0 Å². The van der Waals surface area contributed by atoms with Crippen molar-refractivity contribution in [1.29, 1.82) is 0 Å². The van der Waals surface area contributed by atoms with Crippen molar-refractivity contribution in [2.75, 3.05) is 13.6 Å². The lowest BCUT2D eigenvalue weighted by atomic mass is 9.84. The molecule has 23 heavy (non-hydrogen) atoms. The van der Waals surface area contributed by atoms with Gasteiger partial charge in [0.2, 0.25) is 5.91 Å². The number of nitrogens with zero attached hydrogens (tertiary/aromatic N) is 1. The fourth-order valence-electron chi connectivity index (χ4n) is 2.69. The summed E-state index contributed by atoms with van der Waals surface area (Å²) in [4.78, 5) is 36.4. The van der Waals surface area contributed by atoms with Gasteiger partial charge >= 0.3 is 12.1 Å². The predicted octanol–water partition coefficient (Wildman–Crippen LogP) is 2.00. The van der Waals surface area contributed by atoms with Gasteiger partial charge in [-0.1, -0.05) is 19.3 Å². The van der Waals surface area contributed by atoms with Crippen molar-refractivity contribution in [3.63, 3.8) is 0 Å². The number of carbonyl (C=O) groups excluding carboxylic acids is 2. The summed E-state index contributed by atoms with van der Waals surface area (Å²) in [6, 6.07) is -0.894. The number of nitrogens with one attached hydrogen (secondary N) is 1. The fraction of sp³-hybridized carbons (Fsp3) is 0.812. The highest BCUT2D eigenvalue weighted by Crippen LogP contribution is 2.26. The molecule has 0 aromatic rings. The van der Waals surface area contributed by atoms with Crippen molar-refractivity contribution < 1.29 is 24.2 Å². The van der Waals surface area contributed by atoms with E-state index < -0.39 is 29.6 Å². The van der Waals surface area contributed by atoms with Crippen LogP contribution in [0.5, 0.6) is 0 Å². The first-order valence-electron chi connectivity index (χ1n) is 8.06. The van der Waals surface area contributed by atoms with Gasteiger partial charge in [0.15, 0.2) is 0 Å². The van der Waals surface area contributed by atoms with Gasteiger partial charge in [-0.3, -0.25) is 4.79 Å². The molecule has 0 aromatic heterocycles. The molecule has 0 spiro atoms. The maximum atomic E-state index is 12.1. The summed E-state index contributed by atoms with van der Waals surface area (Å²) in [5.41, 5.74) is -0.645. The van der Waals surface area contributed by atoms with Crippen LogP contribution in [0.1, 0.15) is 52.9 Å². The standard InChI is InChI=1S/C16H28N2O5/c1-16(2,3)23-15(22)18(4)10-12(19)17-13(14(20)21)11-8-6-5-7-9-11/h11,13H,5-10H2,1-4H3,(H,17,19)(H,20,21). The normalized spacial score (nSPS) is 17.2. The zero-order valence-corrected chi connectivity index (χ0v) is 14.4. The Bertz CT molecular complexity index is 438. The summed E-state index contributed by atoms with van der Waals surface area (Å²) < 4.78 is 5.16. The molecule has 0 saturated heterocycles. The second-order valence-corrected chi connectivity index (χ2v) is 7.12. The minimum atomic E-state index is -1.02. The van der Waals surface area contributed by atoms with E-state index in [2.05, 4.69) is 5.32 Å². The number of hydrogen-bond donors (Lipinski definition) is 2. The minimum absolute atomic E-state index is 0.0444. The molecule has 0 bridgehead atoms. The van der Waals surface area contributed by atoms with E-state index in [1.807, 2.05) is 0 Å². The minimum Gasteiger partial charge on any atom is -0.480 e. The lowest BCUT2D eigenvalue weighted by molar-refractivity contribution is -0.144. The number of rotatable bonds is 5. The number of carboxylic acids is 1. The predicted molar refractivity (Wildman–Crippen MR) is 85.0 cm³/mol. The molecule has 1 unspecified atom stereocenters. The second-order valence-electron chi connectivity index (χ2n) is 7.12. The number of ether oxygens (including phenoxy) is 1. The van der Waals surface area contributed by atoms with E-state index in [-0.39, 0.29) is 12.5 Å². The second kappa shape index (κ2) is 8.17. The number of carbonyl (C=O) groups is 3. The quantitative estimate of drug-likeness (QED) is 0.805. The fourth-order valence-corrected chi connectivity index (χ4v) is 2.69. The Balaban J connectivity index is 2.55. The van der Waals surface area contributed by atoms with Crippen LogP contribution in [0.4, 0.5) is 4.79 Å². The summed E-state index contributed by atoms with van der Waals surface area (Å²) in [5, 5.41) is 11.9.